The number of halogens is 1. The van der Waals surface area contributed by atoms with Gasteiger partial charge >= 0.3 is 0 Å². The third kappa shape index (κ3) is 7.12. The zero-order chi connectivity index (χ0) is 21.3. The molecule has 2 N–H and O–H groups in total. The minimum absolute atomic E-state index is 0. The zero-order valence-corrected chi connectivity index (χ0v) is 20.9. The molecular weight excluding hydrogens is 503 g/mol. The normalized spacial score (nSPS) is 13.1. The summed E-state index contributed by atoms with van der Waals surface area (Å²) in [5, 5.41) is 6.60. The van der Waals surface area contributed by atoms with Crippen LogP contribution in [0.2, 0.25) is 0 Å². The average Bonchev–Trinajstić information content (AvgIpc) is 2.78. The number of amides is 1. The smallest absolute Gasteiger partial charge is 0.222 e. The van der Waals surface area contributed by atoms with Crippen LogP contribution in [0.4, 0.5) is 0 Å². The number of nitrogens with one attached hydrogen (secondary N) is 2. The Balaban J connectivity index is 0.00000341. The van der Waals surface area contributed by atoms with Crippen LogP contribution in [0.1, 0.15) is 35.1 Å². The Labute approximate surface area is 202 Å². The first kappa shape index (κ1) is 25.0. The molecule has 0 atom stereocenters. The van der Waals surface area contributed by atoms with Crippen molar-refractivity contribution >= 4 is 35.8 Å². The number of nitrogens with zero attached hydrogens (tertiary/aromatic N) is 2. The number of rotatable bonds is 7. The van der Waals surface area contributed by atoms with Gasteiger partial charge in [0.2, 0.25) is 5.91 Å². The highest BCUT2D eigenvalue weighted by molar-refractivity contribution is 14.0. The van der Waals surface area contributed by atoms with Gasteiger partial charge in [-0.3, -0.25) is 9.79 Å². The summed E-state index contributed by atoms with van der Waals surface area (Å²) in [5.74, 6) is 1.81. The summed E-state index contributed by atoms with van der Waals surface area (Å²) in [7, 11) is 3.43. The highest BCUT2D eigenvalue weighted by Gasteiger charge is 2.19. The van der Waals surface area contributed by atoms with Crippen molar-refractivity contribution in [3.8, 4) is 5.75 Å². The standard InChI is InChI=1S/C24H32N4O2.HI/c1-18-10-11-20(22(15-18)30-3)16-27-24(25-2)26-13-6-9-23(29)28-14-12-19-7-4-5-8-21(19)17-28;/h4-5,7-8,10-11,15H,6,9,12-14,16-17H2,1-3H3,(H2,25,26,27);1H. The van der Waals surface area contributed by atoms with Gasteiger partial charge in [0, 0.05) is 45.2 Å². The number of aryl methyl sites for hydroxylation is 1. The van der Waals surface area contributed by atoms with Gasteiger partial charge in [-0.1, -0.05) is 36.4 Å². The Morgan fingerprint density at radius 3 is 2.68 bits per heavy atom. The Morgan fingerprint density at radius 2 is 1.94 bits per heavy atom. The number of aliphatic imine (C=N–C) groups is 1. The lowest BCUT2D eigenvalue weighted by Gasteiger charge is -2.29. The Kier molecular flexibility index (Phi) is 10.1. The van der Waals surface area contributed by atoms with E-state index >= 15 is 0 Å². The molecule has 168 valence electrons. The zero-order valence-electron chi connectivity index (χ0n) is 18.6. The van der Waals surface area contributed by atoms with E-state index in [-0.39, 0.29) is 29.9 Å². The fourth-order valence-corrected chi connectivity index (χ4v) is 3.71. The predicted molar refractivity (Wildman–Crippen MR) is 136 cm³/mol. The van der Waals surface area contributed by atoms with E-state index in [1.165, 1.54) is 16.7 Å². The number of benzene rings is 2. The summed E-state index contributed by atoms with van der Waals surface area (Å²) < 4.78 is 5.45. The molecule has 1 amide bonds. The SMILES string of the molecule is CN=C(NCCCC(=O)N1CCc2ccccc2C1)NCc1ccc(C)cc1OC.I. The van der Waals surface area contributed by atoms with Gasteiger partial charge in [-0.05, 0) is 42.5 Å². The van der Waals surface area contributed by atoms with Gasteiger partial charge in [-0.15, -0.1) is 24.0 Å². The molecule has 6 nitrogen and oxygen atoms in total. The number of guanidine groups is 1. The molecule has 1 aliphatic rings. The van der Waals surface area contributed by atoms with Crippen LogP contribution in [-0.2, 0) is 24.3 Å². The molecular formula is C24H33IN4O2. The molecule has 0 fully saturated rings. The van der Waals surface area contributed by atoms with Crippen LogP contribution in [0, 0.1) is 6.92 Å². The third-order valence-electron chi connectivity index (χ3n) is 5.46. The van der Waals surface area contributed by atoms with Gasteiger partial charge < -0.3 is 20.3 Å². The van der Waals surface area contributed by atoms with E-state index in [4.69, 9.17) is 4.74 Å². The first-order valence-corrected chi connectivity index (χ1v) is 10.5. The maximum atomic E-state index is 12.6. The Morgan fingerprint density at radius 1 is 1.16 bits per heavy atom. The second-order valence-corrected chi connectivity index (χ2v) is 7.61. The molecule has 31 heavy (non-hydrogen) atoms. The summed E-state index contributed by atoms with van der Waals surface area (Å²) in [6, 6.07) is 14.5. The molecule has 0 saturated heterocycles. The fraction of sp³-hybridized carbons (Fsp3) is 0.417. The van der Waals surface area contributed by atoms with Gasteiger partial charge in [-0.2, -0.15) is 0 Å². The number of carbonyl (C=O) groups excluding carboxylic acids is 1. The molecule has 0 spiro atoms. The maximum Gasteiger partial charge on any atom is 0.222 e. The van der Waals surface area contributed by atoms with Crippen LogP contribution >= 0.6 is 24.0 Å². The second-order valence-electron chi connectivity index (χ2n) is 7.61. The quantitative estimate of drug-likeness (QED) is 0.246. The predicted octanol–water partition coefficient (Wildman–Crippen LogP) is 3.65. The van der Waals surface area contributed by atoms with E-state index in [2.05, 4.69) is 46.0 Å². The van der Waals surface area contributed by atoms with Crippen LogP contribution in [0.25, 0.3) is 0 Å². The summed E-state index contributed by atoms with van der Waals surface area (Å²) in [6.45, 7) is 4.90. The van der Waals surface area contributed by atoms with Crippen molar-refractivity contribution in [2.45, 2.75) is 39.3 Å². The molecule has 2 aromatic rings. The number of hydrogen-bond acceptors (Lipinski definition) is 3. The molecule has 0 unspecified atom stereocenters. The van der Waals surface area contributed by atoms with Gasteiger partial charge in [0.15, 0.2) is 5.96 Å². The minimum atomic E-state index is 0. The maximum absolute atomic E-state index is 12.6. The number of hydrogen-bond donors (Lipinski definition) is 2. The lowest BCUT2D eigenvalue weighted by atomic mass is 9.99. The van der Waals surface area contributed by atoms with Crippen molar-refractivity contribution < 1.29 is 9.53 Å². The lowest BCUT2D eigenvalue weighted by molar-refractivity contribution is -0.132. The van der Waals surface area contributed by atoms with Crippen LogP contribution in [0.5, 0.6) is 5.75 Å². The van der Waals surface area contributed by atoms with Crippen molar-refractivity contribution in [3.63, 3.8) is 0 Å². The van der Waals surface area contributed by atoms with E-state index in [9.17, 15) is 4.79 Å². The molecule has 0 radical (unpaired) electrons. The first-order chi connectivity index (χ1) is 14.6. The van der Waals surface area contributed by atoms with E-state index < -0.39 is 0 Å². The van der Waals surface area contributed by atoms with Crippen molar-refractivity contribution in [3.05, 3.63) is 64.7 Å². The molecule has 0 saturated carbocycles. The summed E-state index contributed by atoms with van der Waals surface area (Å²) in [6.07, 6.45) is 2.25. The van der Waals surface area contributed by atoms with E-state index in [1.807, 2.05) is 24.0 Å². The monoisotopic (exact) mass is 536 g/mol. The van der Waals surface area contributed by atoms with Gasteiger partial charge in [0.05, 0.1) is 7.11 Å². The molecule has 0 aliphatic carbocycles. The van der Waals surface area contributed by atoms with Gasteiger partial charge in [-0.25, -0.2) is 0 Å². The van der Waals surface area contributed by atoms with Crippen molar-refractivity contribution in [1.82, 2.24) is 15.5 Å². The minimum Gasteiger partial charge on any atom is -0.496 e. The number of fused-ring (bicyclic) bond motifs is 1. The summed E-state index contributed by atoms with van der Waals surface area (Å²) in [5.41, 5.74) is 4.88. The Hall–Kier alpha value is -2.29. The lowest BCUT2D eigenvalue weighted by Crippen LogP contribution is -2.38. The van der Waals surface area contributed by atoms with Crippen molar-refractivity contribution in [1.29, 1.82) is 0 Å². The van der Waals surface area contributed by atoms with Crippen LogP contribution in [0.3, 0.4) is 0 Å². The third-order valence-corrected chi connectivity index (χ3v) is 5.46. The van der Waals surface area contributed by atoms with E-state index in [1.54, 1.807) is 14.2 Å². The topological polar surface area (TPSA) is 66.0 Å². The summed E-state index contributed by atoms with van der Waals surface area (Å²) >= 11 is 0. The van der Waals surface area contributed by atoms with Crippen LogP contribution < -0.4 is 15.4 Å². The Bertz CT molecular complexity index is 901. The van der Waals surface area contributed by atoms with Crippen LogP contribution in [-0.4, -0.2) is 44.0 Å². The van der Waals surface area contributed by atoms with Gasteiger partial charge in [0.25, 0.3) is 0 Å². The first-order valence-electron chi connectivity index (χ1n) is 10.5. The van der Waals surface area contributed by atoms with Crippen molar-refractivity contribution in [2.24, 2.45) is 4.99 Å². The second kappa shape index (κ2) is 12.5. The number of carbonyl (C=O) groups is 1. The molecule has 3 rings (SSSR count). The fourth-order valence-electron chi connectivity index (χ4n) is 3.71. The molecule has 0 bridgehead atoms. The molecule has 1 heterocycles. The van der Waals surface area contributed by atoms with Crippen molar-refractivity contribution in [2.75, 3.05) is 27.2 Å². The van der Waals surface area contributed by atoms with E-state index in [0.29, 0.717) is 19.5 Å². The molecule has 7 heteroatoms. The highest BCUT2D eigenvalue weighted by atomic mass is 127. The van der Waals surface area contributed by atoms with Crippen LogP contribution in [0.15, 0.2) is 47.5 Å². The summed E-state index contributed by atoms with van der Waals surface area (Å²) in [4.78, 5) is 18.8. The number of methoxy groups -OCH3 is 1. The van der Waals surface area contributed by atoms with E-state index in [0.717, 1.165) is 43.2 Å². The molecule has 1 aliphatic heterocycles. The number of ether oxygens (including phenoxy) is 1. The molecule has 0 aromatic heterocycles. The largest absolute Gasteiger partial charge is 0.496 e. The van der Waals surface area contributed by atoms with Gasteiger partial charge in [0.1, 0.15) is 5.75 Å². The molecule has 2 aromatic carbocycles. The average molecular weight is 536 g/mol. The highest BCUT2D eigenvalue weighted by Crippen LogP contribution is 2.20.